The number of fused-ring (bicyclic) bond motifs is 1. The molecule has 0 amide bonds. The first-order valence-electron chi connectivity index (χ1n) is 6.42. The van der Waals surface area contributed by atoms with Crippen molar-refractivity contribution in [3.05, 3.63) is 53.6 Å². The molecule has 0 unspecified atom stereocenters. The number of benzene rings is 1. The molecule has 0 fully saturated rings. The predicted octanol–water partition coefficient (Wildman–Crippen LogP) is 1.16. The van der Waals surface area contributed by atoms with Gasteiger partial charge in [-0.05, 0) is 12.1 Å². The molecular weight excluding hydrogens is 238 g/mol. The molecule has 2 heterocycles. The molecule has 98 valence electrons. The number of nitrogens with zero attached hydrogens (tertiary/aromatic N) is 4. The van der Waals surface area contributed by atoms with Gasteiger partial charge >= 0.3 is 0 Å². The number of aromatic nitrogens is 4. The fourth-order valence-corrected chi connectivity index (χ4v) is 2.22. The molecule has 0 aliphatic rings. The maximum absolute atomic E-state index is 5.54. The molecule has 2 N–H and O–H groups in total. The molecule has 0 saturated carbocycles. The third-order valence-corrected chi connectivity index (χ3v) is 3.24. The summed E-state index contributed by atoms with van der Waals surface area (Å²) >= 11 is 0. The molecule has 0 aliphatic carbocycles. The normalized spacial score (nSPS) is 11.3. The van der Waals surface area contributed by atoms with Crippen molar-refractivity contribution in [2.45, 2.75) is 12.8 Å². The minimum absolute atomic E-state index is 0.612. The van der Waals surface area contributed by atoms with Crippen LogP contribution < -0.4 is 5.73 Å². The van der Waals surface area contributed by atoms with Crippen molar-refractivity contribution in [2.24, 2.45) is 12.8 Å². The van der Waals surface area contributed by atoms with Crippen LogP contribution in [0.25, 0.3) is 5.78 Å². The smallest absolute Gasteiger partial charge is 0.232 e. The van der Waals surface area contributed by atoms with Crippen LogP contribution >= 0.6 is 0 Å². The van der Waals surface area contributed by atoms with E-state index < -0.39 is 0 Å². The van der Waals surface area contributed by atoms with Gasteiger partial charge in [0.05, 0.1) is 11.9 Å². The first-order chi connectivity index (χ1) is 9.28. The lowest BCUT2D eigenvalue weighted by Gasteiger charge is -2.00. The van der Waals surface area contributed by atoms with E-state index in [0.29, 0.717) is 6.54 Å². The topological polar surface area (TPSA) is 61.1 Å². The fourth-order valence-electron chi connectivity index (χ4n) is 2.22. The lowest BCUT2D eigenvalue weighted by molar-refractivity contribution is 0.816. The molecule has 5 heteroatoms. The number of hydrogen-bond acceptors (Lipinski definition) is 3. The third kappa shape index (κ3) is 2.24. The lowest BCUT2D eigenvalue weighted by atomic mass is 10.1. The molecule has 1 aromatic carbocycles. The van der Waals surface area contributed by atoms with Crippen molar-refractivity contribution in [1.82, 2.24) is 19.2 Å². The molecule has 0 spiro atoms. The summed E-state index contributed by atoms with van der Waals surface area (Å²) in [5, 5.41) is 4.59. The second-order valence-electron chi connectivity index (χ2n) is 4.65. The van der Waals surface area contributed by atoms with Crippen LogP contribution in [0.5, 0.6) is 0 Å². The minimum Gasteiger partial charge on any atom is -0.330 e. The average molecular weight is 255 g/mol. The zero-order valence-corrected chi connectivity index (χ0v) is 11.0. The van der Waals surface area contributed by atoms with Crippen LogP contribution in [0, 0.1) is 0 Å². The van der Waals surface area contributed by atoms with E-state index in [0.717, 1.165) is 30.1 Å². The summed E-state index contributed by atoms with van der Waals surface area (Å²) in [5.41, 5.74) is 7.79. The second-order valence-corrected chi connectivity index (χ2v) is 4.65. The summed E-state index contributed by atoms with van der Waals surface area (Å²) in [5.74, 6) is 1.88. The van der Waals surface area contributed by atoms with E-state index in [4.69, 9.17) is 5.73 Å². The Balaban J connectivity index is 1.93. The highest BCUT2D eigenvalue weighted by molar-refractivity contribution is 5.33. The lowest BCUT2D eigenvalue weighted by Crippen LogP contribution is -2.04. The molecule has 0 radical (unpaired) electrons. The van der Waals surface area contributed by atoms with Gasteiger partial charge in [-0.1, -0.05) is 30.3 Å². The van der Waals surface area contributed by atoms with Crippen molar-refractivity contribution in [3.63, 3.8) is 0 Å². The number of nitrogens with two attached hydrogens (primary N) is 1. The van der Waals surface area contributed by atoms with Crippen LogP contribution in [0.3, 0.4) is 0 Å². The molecular formula is C14H17N5. The Morgan fingerprint density at radius 3 is 2.68 bits per heavy atom. The molecule has 19 heavy (non-hydrogen) atoms. The maximum atomic E-state index is 5.54. The minimum atomic E-state index is 0.612. The van der Waals surface area contributed by atoms with Crippen LogP contribution in [0.1, 0.15) is 17.1 Å². The van der Waals surface area contributed by atoms with Crippen molar-refractivity contribution in [1.29, 1.82) is 0 Å². The average Bonchev–Trinajstić information content (AvgIpc) is 2.92. The van der Waals surface area contributed by atoms with Crippen molar-refractivity contribution in [3.8, 4) is 0 Å². The molecule has 0 bridgehead atoms. The van der Waals surface area contributed by atoms with E-state index in [1.807, 2.05) is 40.5 Å². The van der Waals surface area contributed by atoms with Crippen molar-refractivity contribution >= 4 is 5.78 Å². The van der Waals surface area contributed by atoms with Gasteiger partial charge in [-0.25, -0.2) is 9.50 Å². The van der Waals surface area contributed by atoms with Gasteiger partial charge in [-0.2, -0.15) is 5.10 Å². The molecule has 3 rings (SSSR count). The van der Waals surface area contributed by atoms with Gasteiger partial charge in [-0.3, -0.25) is 4.57 Å². The summed E-state index contributed by atoms with van der Waals surface area (Å²) in [6.45, 7) is 0.612. The SMILES string of the molecule is Cn1c(Cc2ccccc2)nn2cc(CCN)nc12. The highest BCUT2D eigenvalue weighted by atomic mass is 15.4. The zero-order chi connectivity index (χ0) is 13.2. The van der Waals surface area contributed by atoms with Crippen LogP contribution in [0.4, 0.5) is 0 Å². The number of hydrogen-bond donors (Lipinski definition) is 1. The van der Waals surface area contributed by atoms with Crippen LogP contribution in [0.2, 0.25) is 0 Å². The largest absolute Gasteiger partial charge is 0.330 e. The van der Waals surface area contributed by atoms with Gasteiger partial charge in [0, 0.05) is 19.9 Å². The zero-order valence-electron chi connectivity index (χ0n) is 11.0. The Bertz CT molecular complexity index is 680. The van der Waals surface area contributed by atoms with Gasteiger partial charge in [0.15, 0.2) is 0 Å². The maximum Gasteiger partial charge on any atom is 0.232 e. The summed E-state index contributed by atoms with van der Waals surface area (Å²) in [4.78, 5) is 4.55. The van der Waals surface area contributed by atoms with E-state index in [1.54, 1.807) is 0 Å². The van der Waals surface area contributed by atoms with Crippen LogP contribution in [-0.4, -0.2) is 25.7 Å². The van der Waals surface area contributed by atoms with Crippen molar-refractivity contribution < 1.29 is 0 Å². The van der Waals surface area contributed by atoms with Gasteiger partial charge in [0.2, 0.25) is 5.78 Å². The van der Waals surface area contributed by atoms with Crippen molar-refractivity contribution in [2.75, 3.05) is 6.54 Å². The fraction of sp³-hybridized carbons (Fsp3) is 0.286. The molecule has 0 atom stereocenters. The molecule has 2 aromatic heterocycles. The Hall–Kier alpha value is -2.14. The first-order valence-corrected chi connectivity index (χ1v) is 6.42. The monoisotopic (exact) mass is 255 g/mol. The quantitative estimate of drug-likeness (QED) is 0.761. The second kappa shape index (κ2) is 4.85. The molecule has 0 saturated heterocycles. The van der Waals surface area contributed by atoms with Gasteiger partial charge < -0.3 is 5.73 Å². The summed E-state index contributed by atoms with van der Waals surface area (Å²) in [6.07, 6.45) is 3.56. The predicted molar refractivity (Wildman–Crippen MR) is 74.0 cm³/mol. The highest BCUT2D eigenvalue weighted by Crippen LogP contribution is 2.11. The Labute approximate surface area is 111 Å². The highest BCUT2D eigenvalue weighted by Gasteiger charge is 2.11. The van der Waals surface area contributed by atoms with Crippen LogP contribution in [0.15, 0.2) is 36.5 Å². The molecule has 3 aromatic rings. The van der Waals surface area contributed by atoms with E-state index in [2.05, 4.69) is 22.2 Å². The third-order valence-electron chi connectivity index (χ3n) is 3.24. The number of rotatable bonds is 4. The Morgan fingerprint density at radius 1 is 1.21 bits per heavy atom. The number of imidazole rings is 1. The van der Waals surface area contributed by atoms with E-state index in [9.17, 15) is 0 Å². The Morgan fingerprint density at radius 2 is 2.00 bits per heavy atom. The van der Waals surface area contributed by atoms with E-state index in [-0.39, 0.29) is 0 Å². The van der Waals surface area contributed by atoms with E-state index >= 15 is 0 Å². The van der Waals surface area contributed by atoms with Gasteiger partial charge in [0.1, 0.15) is 5.82 Å². The standard InChI is InChI=1S/C14H17N5/c1-18-13(9-11-5-3-2-4-6-11)17-19-10-12(7-8-15)16-14(18)19/h2-6,10H,7-9,15H2,1H3. The summed E-state index contributed by atoms with van der Waals surface area (Å²) in [7, 11) is 2.00. The number of aryl methyl sites for hydroxylation is 1. The van der Waals surface area contributed by atoms with Gasteiger partial charge in [0.25, 0.3) is 0 Å². The summed E-state index contributed by atoms with van der Waals surface area (Å²) in [6, 6.07) is 10.3. The molecule has 5 nitrogen and oxygen atoms in total. The summed E-state index contributed by atoms with van der Waals surface area (Å²) < 4.78 is 3.87. The van der Waals surface area contributed by atoms with Crippen LogP contribution in [-0.2, 0) is 19.9 Å². The molecule has 0 aliphatic heterocycles. The van der Waals surface area contributed by atoms with E-state index in [1.165, 1.54) is 5.56 Å². The van der Waals surface area contributed by atoms with Gasteiger partial charge in [-0.15, -0.1) is 0 Å². The Kier molecular flexibility index (Phi) is 3.05. The first kappa shape index (κ1) is 11.9.